The number of ether oxygens (including phenoxy) is 1. The molecule has 2 N–H and O–H groups in total. The molecule has 0 radical (unpaired) electrons. The SMILES string of the molecule is COc1nc(-c2ccc(S(C)(=O)=O)cc2)ccc1CN. The second kappa shape index (κ2) is 5.60. The van der Waals surface area contributed by atoms with E-state index >= 15 is 0 Å². The molecule has 106 valence electrons. The lowest BCUT2D eigenvalue weighted by Crippen LogP contribution is -2.02. The van der Waals surface area contributed by atoms with Gasteiger partial charge in [-0.2, -0.15) is 0 Å². The van der Waals surface area contributed by atoms with Gasteiger partial charge >= 0.3 is 0 Å². The van der Waals surface area contributed by atoms with E-state index in [9.17, 15) is 8.42 Å². The summed E-state index contributed by atoms with van der Waals surface area (Å²) in [5.74, 6) is 0.484. The van der Waals surface area contributed by atoms with E-state index in [1.807, 2.05) is 12.1 Å². The molecule has 5 nitrogen and oxygen atoms in total. The molecule has 0 atom stereocenters. The number of methoxy groups -OCH3 is 1. The average Bonchev–Trinajstić information content (AvgIpc) is 2.45. The second-order valence-corrected chi connectivity index (χ2v) is 6.38. The van der Waals surface area contributed by atoms with Crippen LogP contribution in [0.1, 0.15) is 5.56 Å². The topological polar surface area (TPSA) is 82.3 Å². The van der Waals surface area contributed by atoms with Crippen molar-refractivity contribution in [3.63, 3.8) is 0 Å². The molecule has 1 heterocycles. The Morgan fingerprint density at radius 3 is 2.30 bits per heavy atom. The summed E-state index contributed by atoms with van der Waals surface area (Å²) in [5, 5.41) is 0. The number of sulfone groups is 1. The van der Waals surface area contributed by atoms with E-state index in [2.05, 4.69) is 4.98 Å². The van der Waals surface area contributed by atoms with Gasteiger partial charge in [-0.25, -0.2) is 13.4 Å². The van der Waals surface area contributed by atoms with Crippen molar-refractivity contribution in [2.24, 2.45) is 5.73 Å². The van der Waals surface area contributed by atoms with E-state index in [0.717, 1.165) is 11.1 Å². The molecular formula is C14H16N2O3S. The largest absolute Gasteiger partial charge is 0.481 e. The van der Waals surface area contributed by atoms with E-state index < -0.39 is 9.84 Å². The highest BCUT2D eigenvalue weighted by Gasteiger charge is 2.09. The molecule has 0 fully saturated rings. The van der Waals surface area contributed by atoms with Crippen molar-refractivity contribution in [1.29, 1.82) is 0 Å². The molecule has 0 saturated heterocycles. The first-order valence-electron chi connectivity index (χ1n) is 6.00. The van der Waals surface area contributed by atoms with Crippen LogP contribution in [0, 0.1) is 0 Å². The van der Waals surface area contributed by atoms with Crippen molar-refractivity contribution in [3.05, 3.63) is 42.0 Å². The summed E-state index contributed by atoms with van der Waals surface area (Å²) in [6, 6.07) is 10.3. The molecule has 0 aliphatic carbocycles. The Kier molecular flexibility index (Phi) is 4.06. The predicted octanol–water partition coefficient (Wildman–Crippen LogP) is 1.62. The van der Waals surface area contributed by atoms with Gasteiger partial charge in [0.1, 0.15) is 0 Å². The molecule has 0 bridgehead atoms. The third-order valence-electron chi connectivity index (χ3n) is 2.93. The Morgan fingerprint density at radius 2 is 1.80 bits per heavy atom. The van der Waals surface area contributed by atoms with Crippen LogP contribution >= 0.6 is 0 Å². The number of rotatable bonds is 4. The van der Waals surface area contributed by atoms with Crippen LogP contribution in [-0.4, -0.2) is 26.8 Å². The van der Waals surface area contributed by atoms with E-state index in [4.69, 9.17) is 10.5 Å². The Balaban J connectivity index is 2.42. The summed E-state index contributed by atoms with van der Waals surface area (Å²) in [6.07, 6.45) is 1.18. The van der Waals surface area contributed by atoms with Crippen LogP contribution < -0.4 is 10.5 Å². The zero-order valence-corrected chi connectivity index (χ0v) is 12.1. The van der Waals surface area contributed by atoms with Crippen LogP contribution in [0.5, 0.6) is 5.88 Å². The zero-order valence-electron chi connectivity index (χ0n) is 11.3. The number of hydrogen-bond acceptors (Lipinski definition) is 5. The maximum atomic E-state index is 11.4. The van der Waals surface area contributed by atoms with Crippen LogP contribution in [-0.2, 0) is 16.4 Å². The fourth-order valence-electron chi connectivity index (χ4n) is 1.84. The molecule has 2 aromatic rings. The van der Waals surface area contributed by atoms with Gasteiger partial charge in [0, 0.05) is 23.9 Å². The summed E-state index contributed by atoms with van der Waals surface area (Å²) in [5.41, 5.74) is 7.95. The van der Waals surface area contributed by atoms with Gasteiger partial charge in [0.25, 0.3) is 0 Å². The van der Waals surface area contributed by atoms with E-state index in [1.165, 1.54) is 13.4 Å². The zero-order chi connectivity index (χ0) is 14.8. The Bertz CT molecular complexity index is 710. The molecule has 0 aliphatic rings. The number of pyridine rings is 1. The minimum atomic E-state index is -3.19. The van der Waals surface area contributed by atoms with Gasteiger partial charge in [0.05, 0.1) is 17.7 Å². The van der Waals surface area contributed by atoms with Crippen molar-refractivity contribution < 1.29 is 13.2 Å². The van der Waals surface area contributed by atoms with Gasteiger partial charge in [0.15, 0.2) is 9.84 Å². The lowest BCUT2D eigenvalue weighted by atomic mass is 10.1. The number of benzene rings is 1. The molecule has 0 aliphatic heterocycles. The first-order valence-corrected chi connectivity index (χ1v) is 7.89. The van der Waals surface area contributed by atoms with Gasteiger partial charge in [-0.15, -0.1) is 0 Å². The normalized spacial score (nSPS) is 11.3. The molecule has 0 saturated carbocycles. The molecule has 1 aromatic carbocycles. The van der Waals surface area contributed by atoms with Gasteiger partial charge in [-0.1, -0.05) is 18.2 Å². The van der Waals surface area contributed by atoms with E-state index in [1.54, 1.807) is 24.3 Å². The number of hydrogen-bond donors (Lipinski definition) is 1. The van der Waals surface area contributed by atoms with Crippen LogP contribution in [0.15, 0.2) is 41.3 Å². The maximum Gasteiger partial charge on any atom is 0.218 e. The Morgan fingerprint density at radius 1 is 1.15 bits per heavy atom. The lowest BCUT2D eigenvalue weighted by molar-refractivity contribution is 0.393. The molecule has 0 unspecified atom stereocenters. The molecule has 1 aromatic heterocycles. The number of nitrogens with two attached hydrogens (primary N) is 1. The van der Waals surface area contributed by atoms with Gasteiger partial charge in [-0.3, -0.25) is 0 Å². The van der Waals surface area contributed by atoms with Gasteiger partial charge < -0.3 is 10.5 Å². The predicted molar refractivity (Wildman–Crippen MR) is 77.2 cm³/mol. The fourth-order valence-corrected chi connectivity index (χ4v) is 2.47. The molecule has 0 amide bonds. The van der Waals surface area contributed by atoms with Crippen LogP contribution in [0.2, 0.25) is 0 Å². The molecular weight excluding hydrogens is 276 g/mol. The van der Waals surface area contributed by atoms with Crippen LogP contribution in [0.3, 0.4) is 0 Å². The van der Waals surface area contributed by atoms with Crippen molar-refractivity contribution in [3.8, 4) is 17.1 Å². The number of aromatic nitrogens is 1. The third kappa shape index (κ3) is 2.97. The second-order valence-electron chi connectivity index (χ2n) is 4.37. The average molecular weight is 292 g/mol. The van der Waals surface area contributed by atoms with Crippen molar-refractivity contribution >= 4 is 9.84 Å². The minimum Gasteiger partial charge on any atom is -0.481 e. The third-order valence-corrected chi connectivity index (χ3v) is 4.06. The fraction of sp³-hybridized carbons (Fsp3) is 0.214. The number of nitrogens with zero attached hydrogens (tertiary/aromatic N) is 1. The van der Waals surface area contributed by atoms with E-state index in [-0.39, 0.29) is 4.90 Å². The highest BCUT2D eigenvalue weighted by molar-refractivity contribution is 7.90. The molecule has 2 rings (SSSR count). The van der Waals surface area contributed by atoms with Crippen molar-refractivity contribution in [2.75, 3.05) is 13.4 Å². The first kappa shape index (κ1) is 14.5. The summed E-state index contributed by atoms with van der Waals surface area (Å²) in [4.78, 5) is 4.66. The molecule has 20 heavy (non-hydrogen) atoms. The van der Waals surface area contributed by atoms with E-state index in [0.29, 0.717) is 18.1 Å². The standard InChI is InChI=1S/C14H16N2O3S/c1-19-14-11(9-15)5-8-13(16-14)10-3-6-12(7-4-10)20(2,17)18/h3-8H,9,15H2,1-2H3. The minimum absolute atomic E-state index is 0.284. The van der Waals surface area contributed by atoms with Crippen LogP contribution in [0.4, 0.5) is 0 Å². The lowest BCUT2D eigenvalue weighted by Gasteiger charge is -2.08. The van der Waals surface area contributed by atoms with Crippen LogP contribution in [0.25, 0.3) is 11.3 Å². The van der Waals surface area contributed by atoms with Crippen molar-refractivity contribution in [2.45, 2.75) is 11.4 Å². The van der Waals surface area contributed by atoms with Crippen molar-refractivity contribution in [1.82, 2.24) is 4.98 Å². The summed E-state index contributed by atoms with van der Waals surface area (Å²) in [7, 11) is -1.65. The van der Waals surface area contributed by atoms with Gasteiger partial charge in [-0.05, 0) is 18.2 Å². The summed E-state index contributed by atoms with van der Waals surface area (Å²) in [6.45, 7) is 0.351. The van der Waals surface area contributed by atoms with Gasteiger partial charge in [0.2, 0.25) is 5.88 Å². The molecule has 6 heteroatoms. The first-order chi connectivity index (χ1) is 9.45. The highest BCUT2D eigenvalue weighted by Crippen LogP contribution is 2.24. The quantitative estimate of drug-likeness (QED) is 0.926. The summed E-state index contributed by atoms with van der Waals surface area (Å²) >= 11 is 0. The smallest absolute Gasteiger partial charge is 0.218 e. The molecule has 0 spiro atoms. The Hall–Kier alpha value is -1.92. The monoisotopic (exact) mass is 292 g/mol. The maximum absolute atomic E-state index is 11.4. The summed E-state index contributed by atoms with van der Waals surface area (Å²) < 4.78 is 28.0. The highest BCUT2D eigenvalue weighted by atomic mass is 32.2. The Labute approximate surface area is 118 Å².